The van der Waals surface area contributed by atoms with Gasteiger partial charge in [-0.2, -0.15) is 0 Å². The smallest absolute Gasteiger partial charge is 0.253 e. The van der Waals surface area contributed by atoms with Gasteiger partial charge in [0.1, 0.15) is 0 Å². The van der Waals surface area contributed by atoms with Gasteiger partial charge in [0.05, 0.1) is 21.8 Å². The summed E-state index contributed by atoms with van der Waals surface area (Å²) >= 11 is 1.66. The third-order valence-electron chi connectivity index (χ3n) is 5.06. The fourth-order valence-electron chi connectivity index (χ4n) is 3.57. The number of anilines is 1. The molecule has 5 heteroatoms. The minimum absolute atomic E-state index is 0.0316. The molecule has 1 amide bonds. The predicted molar refractivity (Wildman–Crippen MR) is 111 cm³/mol. The summed E-state index contributed by atoms with van der Waals surface area (Å²) in [5.74, 6) is 0.448. The van der Waals surface area contributed by atoms with E-state index in [1.165, 1.54) is 5.69 Å². The first-order valence-corrected chi connectivity index (χ1v) is 10.2. The molecule has 138 valence electrons. The van der Waals surface area contributed by atoms with E-state index in [1.807, 2.05) is 42.6 Å². The zero-order chi connectivity index (χ0) is 18.6. The fraction of sp³-hybridized carbons (Fsp3) is 0.273. The van der Waals surface area contributed by atoms with Crippen molar-refractivity contribution in [3.63, 3.8) is 0 Å². The molecule has 1 atom stereocenters. The minimum atomic E-state index is -0.0316. The fourth-order valence-corrected chi connectivity index (χ4v) is 4.26. The average molecular weight is 378 g/mol. The summed E-state index contributed by atoms with van der Waals surface area (Å²) in [6, 6.07) is 18.3. The van der Waals surface area contributed by atoms with Gasteiger partial charge in [-0.3, -0.25) is 9.78 Å². The van der Waals surface area contributed by atoms with Gasteiger partial charge in [0.15, 0.2) is 0 Å². The number of nitrogens with zero attached hydrogens (tertiary/aromatic N) is 2. The van der Waals surface area contributed by atoms with Crippen molar-refractivity contribution in [2.45, 2.75) is 13.3 Å². The Bertz CT molecular complexity index is 909. The monoisotopic (exact) mass is 377 g/mol. The number of para-hydroxylation sites is 1. The average Bonchev–Trinajstić information content (AvgIpc) is 3.39. The Morgan fingerprint density at radius 2 is 2.04 bits per heavy atom. The van der Waals surface area contributed by atoms with Crippen LogP contribution in [-0.2, 0) is 0 Å². The Hall–Kier alpha value is -2.66. The lowest BCUT2D eigenvalue weighted by atomic mass is 10.1. The summed E-state index contributed by atoms with van der Waals surface area (Å²) < 4.78 is 0. The molecule has 2 aromatic heterocycles. The predicted octanol–water partition coefficient (Wildman–Crippen LogP) is 4.37. The minimum Gasteiger partial charge on any atom is -0.371 e. The molecule has 3 heterocycles. The van der Waals surface area contributed by atoms with Gasteiger partial charge in [-0.05, 0) is 55.0 Å². The van der Waals surface area contributed by atoms with Crippen molar-refractivity contribution in [3.05, 3.63) is 71.2 Å². The number of rotatable bonds is 5. The van der Waals surface area contributed by atoms with Gasteiger partial charge in [-0.25, -0.2) is 0 Å². The summed E-state index contributed by atoms with van der Waals surface area (Å²) in [4.78, 5) is 20.7. The van der Waals surface area contributed by atoms with E-state index in [4.69, 9.17) is 0 Å². The molecule has 4 nitrogen and oxygen atoms in total. The number of hydrogen-bond donors (Lipinski definition) is 1. The lowest BCUT2D eigenvalue weighted by Gasteiger charge is -2.18. The Balaban J connectivity index is 1.35. The Labute approximate surface area is 163 Å². The van der Waals surface area contributed by atoms with Gasteiger partial charge in [-0.15, -0.1) is 11.3 Å². The third kappa shape index (κ3) is 4.03. The summed E-state index contributed by atoms with van der Waals surface area (Å²) in [6.07, 6.45) is 1.10. The van der Waals surface area contributed by atoms with E-state index in [1.54, 1.807) is 11.3 Å². The van der Waals surface area contributed by atoms with Crippen LogP contribution in [0.3, 0.4) is 0 Å². The first-order chi connectivity index (χ1) is 13.2. The van der Waals surface area contributed by atoms with Crippen molar-refractivity contribution in [2.24, 2.45) is 5.92 Å². The zero-order valence-electron chi connectivity index (χ0n) is 15.4. The van der Waals surface area contributed by atoms with Crippen LogP contribution in [-0.4, -0.2) is 30.5 Å². The van der Waals surface area contributed by atoms with Crippen molar-refractivity contribution in [1.82, 2.24) is 10.3 Å². The number of aromatic nitrogens is 1. The standard InChI is InChI=1S/C22H23N3OS/c1-16-19(9-10-20(24-16)21-8-5-13-27-21)22(26)23-14-17-11-12-25(15-17)18-6-3-2-4-7-18/h2-10,13,17H,11-12,14-15H2,1H3,(H,23,26). The first kappa shape index (κ1) is 17.7. The van der Waals surface area contributed by atoms with Crippen LogP contribution in [0.25, 0.3) is 10.6 Å². The molecular formula is C22H23N3OS. The molecule has 0 bridgehead atoms. The van der Waals surface area contributed by atoms with Gasteiger partial charge in [-0.1, -0.05) is 24.3 Å². The van der Waals surface area contributed by atoms with Gasteiger partial charge in [0.25, 0.3) is 5.91 Å². The normalized spacial score (nSPS) is 16.5. The van der Waals surface area contributed by atoms with Crippen LogP contribution >= 0.6 is 11.3 Å². The summed E-state index contributed by atoms with van der Waals surface area (Å²) in [6.45, 7) is 4.63. The van der Waals surface area contributed by atoms with Gasteiger partial charge in [0, 0.05) is 25.3 Å². The number of carbonyl (C=O) groups is 1. The van der Waals surface area contributed by atoms with E-state index in [2.05, 4.69) is 39.5 Å². The molecule has 27 heavy (non-hydrogen) atoms. The molecular weight excluding hydrogens is 354 g/mol. The van der Waals surface area contributed by atoms with E-state index >= 15 is 0 Å². The molecule has 3 aromatic rings. The first-order valence-electron chi connectivity index (χ1n) is 9.30. The highest BCUT2D eigenvalue weighted by Gasteiger charge is 2.23. The molecule has 1 fully saturated rings. The Kier molecular flexibility index (Phi) is 5.21. The molecule has 1 saturated heterocycles. The van der Waals surface area contributed by atoms with Crippen LogP contribution in [0.5, 0.6) is 0 Å². The van der Waals surface area contributed by atoms with Crippen LogP contribution < -0.4 is 10.2 Å². The third-order valence-corrected chi connectivity index (χ3v) is 5.95. The zero-order valence-corrected chi connectivity index (χ0v) is 16.2. The van der Waals surface area contributed by atoms with Crippen molar-refractivity contribution in [1.29, 1.82) is 0 Å². The van der Waals surface area contributed by atoms with Crippen molar-refractivity contribution >= 4 is 22.9 Å². The Morgan fingerprint density at radius 1 is 1.19 bits per heavy atom. The number of aryl methyl sites for hydroxylation is 1. The van der Waals surface area contributed by atoms with Gasteiger partial charge >= 0.3 is 0 Å². The number of hydrogen-bond acceptors (Lipinski definition) is 4. The SMILES string of the molecule is Cc1nc(-c2cccs2)ccc1C(=O)NCC1CCN(c2ccccc2)C1. The number of pyridine rings is 1. The second-order valence-electron chi connectivity index (χ2n) is 6.95. The molecule has 1 unspecified atom stereocenters. The van der Waals surface area contributed by atoms with Crippen LogP contribution in [0, 0.1) is 12.8 Å². The van der Waals surface area contributed by atoms with Crippen LogP contribution in [0.4, 0.5) is 5.69 Å². The van der Waals surface area contributed by atoms with Crippen LogP contribution in [0.15, 0.2) is 60.0 Å². The molecule has 0 saturated carbocycles. The molecule has 1 N–H and O–H groups in total. The summed E-state index contributed by atoms with van der Waals surface area (Å²) in [5.41, 5.74) is 3.62. The molecule has 1 aliphatic heterocycles. The van der Waals surface area contributed by atoms with Crippen molar-refractivity contribution in [2.75, 3.05) is 24.5 Å². The highest BCUT2D eigenvalue weighted by atomic mass is 32.1. The highest BCUT2D eigenvalue weighted by molar-refractivity contribution is 7.13. The molecule has 4 rings (SSSR count). The molecule has 0 spiro atoms. The van der Waals surface area contributed by atoms with Crippen LogP contribution in [0.2, 0.25) is 0 Å². The second kappa shape index (κ2) is 7.92. The van der Waals surface area contributed by atoms with E-state index in [-0.39, 0.29) is 5.91 Å². The number of thiophene rings is 1. The van der Waals surface area contributed by atoms with Gasteiger partial charge < -0.3 is 10.2 Å². The molecule has 0 radical (unpaired) electrons. The maximum Gasteiger partial charge on any atom is 0.253 e. The van der Waals surface area contributed by atoms with Gasteiger partial charge in [0.2, 0.25) is 0 Å². The Morgan fingerprint density at radius 3 is 2.78 bits per heavy atom. The topological polar surface area (TPSA) is 45.2 Å². The highest BCUT2D eigenvalue weighted by Crippen LogP contribution is 2.25. The summed E-state index contributed by atoms with van der Waals surface area (Å²) in [5, 5.41) is 5.14. The van der Waals surface area contributed by atoms with E-state index < -0.39 is 0 Å². The van der Waals surface area contributed by atoms with E-state index in [9.17, 15) is 4.79 Å². The van der Waals surface area contributed by atoms with E-state index in [0.717, 1.165) is 35.8 Å². The maximum atomic E-state index is 12.6. The lowest BCUT2D eigenvalue weighted by Crippen LogP contribution is -2.31. The molecule has 1 aromatic carbocycles. The maximum absolute atomic E-state index is 12.6. The largest absolute Gasteiger partial charge is 0.371 e. The van der Waals surface area contributed by atoms with E-state index in [0.29, 0.717) is 18.0 Å². The number of benzene rings is 1. The lowest BCUT2D eigenvalue weighted by molar-refractivity contribution is 0.0947. The molecule has 0 aliphatic carbocycles. The number of nitrogens with one attached hydrogen (secondary N) is 1. The number of amides is 1. The summed E-state index contributed by atoms with van der Waals surface area (Å²) in [7, 11) is 0. The van der Waals surface area contributed by atoms with Crippen molar-refractivity contribution in [3.8, 4) is 10.6 Å². The van der Waals surface area contributed by atoms with Crippen molar-refractivity contribution < 1.29 is 4.79 Å². The quantitative estimate of drug-likeness (QED) is 0.718. The second-order valence-corrected chi connectivity index (χ2v) is 7.90. The van der Waals surface area contributed by atoms with Crippen LogP contribution in [0.1, 0.15) is 22.5 Å². The number of carbonyl (C=O) groups excluding carboxylic acids is 1. The molecule has 1 aliphatic rings.